The molecule has 0 fully saturated rings. The van der Waals surface area contributed by atoms with Crippen LogP contribution in [-0.4, -0.2) is 41.7 Å². The number of β-amino-alcohol motifs (C(OH)–C–C–N with tert-alkyl or cyclic N) is 1. The Morgan fingerprint density at radius 1 is 1.19 bits per heavy atom. The third kappa shape index (κ3) is 6.19. The van der Waals surface area contributed by atoms with E-state index in [2.05, 4.69) is 53.3 Å². The summed E-state index contributed by atoms with van der Waals surface area (Å²) in [6.45, 7) is 6.89. The summed E-state index contributed by atoms with van der Waals surface area (Å²) in [5.41, 5.74) is 12.1. The number of hydrogen-bond acceptors (Lipinski definition) is 3. The first-order valence-electron chi connectivity index (χ1n) is 9.12. The van der Waals surface area contributed by atoms with Crippen LogP contribution in [0.2, 0.25) is 0 Å². The summed E-state index contributed by atoms with van der Waals surface area (Å²) in [7, 11) is 0. The number of nitrogens with one attached hydrogen (secondary N) is 1. The predicted molar refractivity (Wildman–Crippen MR) is 123 cm³/mol. The highest BCUT2D eigenvalue weighted by Gasteiger charge is 2.18. The third-order valence-electron chi connectivity index (χ3n) is 4.93. The lowest BCUT2D eigenvalue weighted by Gasteiger charge is -2.30. The lowest BCUT2D eigenvalue weighted by Crippen LogP contribution is -2.38. The van der Waals surface area contributed by atoms with Crippen LogP contribution in [0.15, 0.2) is 47.5 Å². The molecule has 1 aliphatic rings. The van der Waals surface area contributed by atoms with Crippen molar-refractivity contribution in [3.8, 4) is 0 Å². The van der Waals surface area contributed by atoms with Gasteiger partial charge in [0, 0.05) is 25.3 Å². The zero-order valence-corrected chi connectivity index (χ0v) is 18.3. The number of halogens is 1. The van der Waals surface area contributed by atoms with Crippen LogP contribution < -0.4 is 11.1 Å². The SMILES string of the molecule is Cc1ccc(NC(N)=NCC(O)CN2CCc3ccccc3C2)cc1C.I. The van der Waals surface area contributed by atoms with E-state index >= 15 is 0 Å². The van der Waals surface area contributed by atoms with Crippen LogP contribution in [0.1, 0.15) is 22.3 Å². The molecular weight excluding hydrogens is 451 g/mol. The molecule has 0 aliphatic carbocycles. The number of aliphatic hydroxyl groups excluding tert-OH is 1. The van der Waals surface area contributed by atoms with Crippen LogP contribution in [0.5, 0.6) is 0 Å². The van der Waals surface area contributed by atoms with Gasteiger partial charge in [0.2, 0.25) is 0 Å². The number of rotatable bonds is 5. The molecule has 2 aromatic carbocycles. The van der Waals surface area contributed by atoms with Crippen molar-refractivity contribution in [2.75, 3.05) is 25.0 Å². The number of nitrogens with two attached hydrogens (primary N) is 1. The number of hydrogen-bond donors (Lipinski definition) is 3. The Balaban J connectivity index is 0.00000261. The van der Waals surface area contributed by atoms with Gasteiger partial charge in [-0.15, -0.1) is 24.0 Å². The molecule has 1 atom stereocenters. The maximum atomic E-state index is 10.3. The molecule has 0 saturated heterocycles. The first-order chi connectivity index (χ1) is 12.5. The molecule has 27 heavy (non-hydrogen) atoms. The van der Waals surface area contributed by atoms with Crippen molar-refractivity contribution in [2.45, 2.75) is 32.9 Å². The van der Waals surface area contributed by atoms with Crippen LogP contribution in [0.4, 0.5) is 5.69 Å². The summed E-state index contributed by atoms with van der Waals surface area (Å²) in [6, 6.07) is 14.6. The van der Waals surface area contributed by atoms with E-state index in [4.69, 9.17) is 5.73 Å². The van der Waals surface area contributed by atoms with Crippen molar-refractivity contribution < 1.29 is 5.11 Å². The molecule has 0 saturated carbocycles. The first kappa shape index (κ1) is 21.7. The molecular formula is C21H29IN4O. The van der Waals surface area contributed by atoms with Gasteiger partial charge in [-0.25, -0.2) is 0 Å². The Morgan fingerprint density at radius 3 is 2.67 bits per heavy atom. The highest BCUT2D eigenvalue weighted by Crippen LogP contribution is 2.18. The second-order valence-electron chi connectivity index (χ2n) is 7.06. The van der Waals surface area contributed by atoms with Crippen LogP contribution in [0.25, 0.3) is 0 Å². The summed E-state index contributed by atoms with van der Waals surface area (Å²) < 4.78 is 0. The molecule has 2 aromatic rings. The minimum Gasteiger partial charge on any atom is -0.390 e. The second kappa shape index (κ2) is 10.1. The van der Waals surface area contributed by atoms with Gasteiger partial charge in [0.1, 0.15) is 0 Å². The molecule has 0 radical (unpaired) electrons. The van der Waals surface area contributed by atoms with Gasteiger partial charge in [-0.3, -0.25) is 9.89 Å². The number of guanidine groups is 1. The van der Waals surface area contributed by atoms with Crippen LogP contribution in [-0.2, 0) is 13.0 Å². The fourth-order valence-electron chi connectivity index (χ4n) is 3.28. The van der Waals surface area contributed by atoms with E-state index in [1.165, 1.54) is 22.3 Å². The summed E-state index contributed by atoms with van der Waals surface area (Å²) in [5.74, 6) is 0.330. The minimum absolute atomic E-state index is 0. The smallest absolute Gasteiger partial charge is 0.193 e. The van der Waals surface area contributed by atoms with Crippen molar-refractivity contribution in [2.24, 2.45) is 10.7 Å². The number of aliphatic imine (C=N–C) groups is 1. The fraction of sp³-hybridized carbons (Fsp3) is 0.381. The van der Waals surface area contributed by atoms with Gasteiger partial charge in [-0.2, -0.15) is 0 Å². The predicted octanol–water partition coefficient (Wildman–Crippen LogP) is 3.07. The standard InChI is InChI=1S/C21H28N4O.HI/c1-15-7-8-19(11-16(15)2)24-21(22)23-12-20(26)14-25-10-9-17-5-3-4-6-18(17)13-25;/h3-8,11,20,26H,9-10,12-14H2,1-2H3,(H3,22,23,24);1H. The zero-order chi connectivity index (χ0) is 18.5. The average Bonchev–Trinajstić information content (AvgIpc) is 2.63. The lowest BCUT2D eigenvalue weighted by molar-refractivity contribution is 0.112. The normalized spacial score (nSPS) is 15.6. The highest BCUT2D eigenvalue weighted by atomic mass is 127. The van der Waals surface area contributed by atoms with Crippen molar-refractivity contribution in [1.29, 1.82) is 0 Å². The van der Waals surface area contributed by atoms with E-state index in [0.29, 0.717) is 19.0 Å². The van der Waals surface area contributed by atoms with Crippen molar-refractivity contribution in [3.05, 3.63) is 64.7 Å². The highest BCUT2D eigenvalue weighted by molar-refractivity contribution is 14.0. The number of fused-ring (bicyclic) bond motifs is 1. The average molecular weight is 480 g/mol. The molecule has 0 amide bonds. The van der Waals surface area contributed by atoms with E-state index in [9.17, 15) is 5.11 Å². The van der Waals surface area contributed by atoms with Crippen molar-refractivity contribution >= 4 is 35.6 Å². The van der Waals surface area contributed by atoms with Gasteiger partial charge in [0.05, 0.1) is 12.6 Å². The molecule has 146 valence electrons. The Hall–Kier alpha value is -1.64. The van der Waals surface area contributed by atoms with Crippen LogP contribution >= 0.6 is 24.0 Å². The van der Waals surface area contributed by atoms with Crippen molar-refractivity contribution in [1.82, 2.24) is 4.90 Å². The molecule has 1 aliphatic heterocycles. The fourth-order valence-corrected chi connectivity index (χ4v) is 3.28. The molecule has 0 aromatic heterocycles. The summed E-state index contributed by atoms with van der Waals surface area (Å²) in [4.78, 5) is 6.56. The minimum atomic E-state index is -0.527. The van der Waals surface area contributed by atoms with E-state index in [-0.39, 0.29) is 24.0 Å². The van der Waals surface area contributed by atoms with Gasteiger partial charge in [0.15, 0.2) is 5.96 Å². The van der Waals surface area contributed by atoms with E-state index in [1.807, 2.05) is 18.2 Å². The van der Waals surface area contributed by atoms with Crippen molar-refractivity contribution in [3.63, 3.8) is 0 Å². The lowest BCUT2D eigenvalue weighted by atomic mass is 10.00. The molecule has 3 rings (SSSR count). The number of benzene rings is 2. The van der Waals surface area contributed by atoms with Crippen LogP contribution in [0.3, 0.4) is 0 Å². The molecule has 1 heterocycles. The van der Waals surface area contributed by atoms with Gasteiger partial charge < -0.3 is 16.2 Å². The largest absolute Gasteiger partial charge is 0.390 e. The molecule has 0 bridgehead atoms. The first-order valence-corrected chi connectivity index (χ1v) is 9.12. The molecule has 0 spiro atoms. The van der Waals surface area contributed by atoms with Gasteiger partial charge in [0.25, 0.3) is 0 Å². The van der Waals surface area contributed by atoms with Gasteiger partial charge in [-0.05, 0) is 54.7 Å². The number of aryl methyl sites for hydroxylation is 2. The third-order valence-corrected chi connectivity index (χ3v) is 4.93. The Kier molecular flexibility index (Phi) is 8.07. The zero-order valence-electron chi connectivity index (χ0n) is 16.0. The van der Waals surface area contributed by atoms with E-state index in [1.54, 1.807) is 0 Å². The summed E-state index contributed by atoms with van der Waals surface area (Å²) in [5, 5.41) is 13.4. The topological polar surface area (TPSA) is 73.9 Å². The monoisotopic (exact) mass is 480 g/mol. The van der Waals surface area contributed by atoms with Crippen LogP contribution in [0, 0.1) is 13.8 Å². The van der Waals surface area contributed by atoms with Gasteiger partial charge in [-0.1, -0.05) is 30.3 Å². The summed E-state index contributed by atoms with van der Waals surface area (Å²) in [6.07, 6.45) is 0.503. The Labute approximate surface area is 178 Å². The maximum Gasteiger partial charge on any atom is 0.193 e. The van der Waals surface area contributed by atoms with E-state index in [0.717, 1.165) is 25.2 Å². The quantitative estimate of drug-likeness (QED) is 0.350. The van der Waals surface area contributed by atoms with E-state index < -0.39 is 6.10 Å². The van der Waals surface area contributed by atoms with Gasteiger partial charge >= 0.3 is 0 Å². The Bertz CT molecular complexity index is 794. The summed E-state index contributed by atoms with van der Waals surface area (Å²) >= 11 is 0. The second-order valence-corrected chi connectivity index (χ2v) is 7.06. The molecule has 4 N–H and O–H groups in total. The molecule has 6 heteroatoms. The Morgan fingerprint density at radius 2 is 1.93 bits per heavy atom. The number of anilines is 1. The number of aliphatic hydroxyl groups is 1. The maximum absolute atomic E-state index is 10.3. The molecule has 5 nitrogen and oxygen atoms in total. The number of nitrogens with zero attached hydrogens (tertiary/aromatic N) is 2. The molecule has 1 unspecified atom stereocenters.